The molecule has 2 aliphatic rings. The SMILES string of the molecule is CC#CC(=O)NC12CCC(n3cc(-c4ccc(C(=O)Cc5cc(C)ccn5)cc4)c4c(N)ncnc43)(CC1)C2. The van der Waals surface area contributed by atoms with Gasteiger partial charge in [-0.2, -0.15) is 0 Å². The molecule has 39 heavy (non-hydrogen) atoms. The van der Waals surface area contributed by atoms with Crippen LogP contribution in [0.25, 0.3) is 22.2 Å². The smallest absolute Gasteiger partial charge is 0.296 e. The number of rotatable bonds is 6. The molecule has 4 aromatic rings. The molecule has 1 amide bonds. The van der Waals surface area contributed by atoms with Crippen LogP contribution in [0.3, 0.4) is 0 Å². The molecule has 0 spiro atoms. The molecule has 2 bridgehead atoms. The number of nitrogens with one attached hydrogen (secondary N) is 1. The van der Waals surface area contributed by atoms with Crippen LogP contribution in [-0.4, -0.2) is 36.7 Å². The number of anilines is 1. The maximum Gasteiger partial charge on any atom is 0.296 e. The molecule has 0 saturated heterocycles. The van der Waals surface area contributed by atoms with Gasteiger partial charge in [-0.05, 0) is 75.1 Å². The van der Waals surface area contributed by atoms with Gasteiger partial charge in [0.2, 0.25) is 0 Å². The zero-order valence-electron chi connectivity index (χ0n) is 22.1. The number of Topliss-reactive ketones (excluding diaryl/α,β-unsaturated/α-hetero) is 1. The van der Waals surface area contributed by atoms with Crippen molar-refractivity contribution < 1.29 is 9.59 Å². The molecule has 3 aromatic heterocycles. The molecular formula is C31H30N6O2. The lowest BCUT2D eigenvalue weighted by molar-refractivity contribution is -0.117. The molecule has 2 fully saturated rings. The lowest BCUT2D eigenvalue weighted by Gasteiger charge is -2.29. The summed E-state index contributed by atoms with van der Waals surface area (Å²) in [5.74, 6) is 5.54. The van der Waals surface area contributed by atoms with Crippen molar-refractivity contribution in [2.75, 3.05) is 5.73 Å². The van der Waals surface area contributed by atoms with Gasteiger partial charge in [0.1, 0.15) is 17.8 Å². The van der Waals surface area contributed by atoms with Crippen molar-refractivity contribution in [3.05, 3.63) is 71.9 Å². The Kier molecular flexibility index (Phi) is 5.95. The van der Waals surface area contributed by atoms with E-state index in [2.05, 4.69) is 42.9 Å². The number of carbonyl (C=O) groups is 2. The Morgan fingerprint density at radius 1 is 1.08 bits per heavy atom. The van der Waals surface area contributed by atoms with Gasteiger partial charge < -0.3 is 15.6 Å². The number of ketones is 1. The fourth-order valence-corrected chi connectivity index (χ4v) is 6.52. The van der Waals surface area contributed by atoms with E-state index in [-0.39, 0.29) is 29.2 Å². The summed E-state index contributed by atoms with van der Waals surface area (Å²) in [6, 6.07) is 11.5. The minimum Gasteiger partial charge on any atom is -0.383 e. The highest BCUT2D eigenvalue weighted by Crippen LogP contribution is 2.56. The van der Waals surface area contributed by atoms with Crippen molar-refractivity contribution in [1.82, 2.24) is 24.8 Å². The van der Waals surface area contributed by atoms with Crippen LogP contribution in [0.1, 0.15) is 60.6 Å². The van der Waals surface area contributed by atoms with Gasteiger partial charge in [-0.1, -0.05) is 30.2 Å². The molecule has 0 radical (unpaired) electrons. The van der Waals surface area contributed by atoms with Gasteiger partial charge in [0, 0.05) is 40.3 Å². The van der Waals surface area contributed by atoms with Gasteiger partial charge in [-0.3, -0.25) is 14.6 Å². The molecule has 2 aliphatic carbocycles. The van der Waals surface area contributed by atoms with Gasteiger partial charge in [0.05, 0.1) is 11.8 Å². The van der Waals surface area contributed by atoms with Crippen molar-refractivity contribution in [3.8, 4) is 23.0 Å². The van der Waals surface area contributed by atoms with Crippen LogP contribution in [0.5, 0.6) is 0 Å². The molecule has 6 rings (SSSR count). The Labute approximate surface area is 227 Å². The predicted molar refractivity (Wildman–Crippen MR) is 150 cm³/mol. The third-order valence-corrected chi connectivity index (χ3v) is 8.38. The number of hydrogen-bond donors (Lipinski definition) is 2. The number of aryl methyl sites for hydroxylation is 1. The highest BCUT2D eigenvalue weighted by Gasteiger charge is 2.56. The van der Waals surface area contributed by atoms with Crippen molar-refractivity contribution >= 4 is 28.5 Å². The zero-order valence-corrected chi connectivity index (χ0v) is 22.1. The standard InChI is InChI=1S/C31H30N6O2/c1-3-4-26(39)36-30-10-12-31(18-30,13-11-30)37-17-24(27-28(32)34-19-35-29(27)37)21-5-7-22(8-6-21)25(38)16-23-15-20(2)9-14-33-23/h5-9,14-15,17,19H,10-13,16,18H2,1-2H3,(H,36,39)(H2,32,34,35). The summed E-state index contributed by atoms with van der Waals surface area (Å²) in [6.07, 6.45) is 10.1. The van der Waals surface area contributed by atoms with Gasteiger partial charge in [-0.25, -0.2) is 9.97 Å². The first kappa shape index (κ1) is 24.8. The first-order chi connectivity index (χ1) is 18.8. The molecule has 1 aromatic carbocycles. The maximum atomic E-state index is 12.9. The van der Waals surface area contributed by atoms with Crippen molar-refractivity contribution in [2.24, 2.45) is 0 Å². The Bertz CT molecular complexity index is 1670. The highest BCUT2D eigenvalue weighted by atomic mass is 16.1. The summed E-state index contributed by atoms with van der Waals surface area (Å²) in [7, 11) is 0. The van der Waals surface area contributed by atoms with Crippen molar-refractivity contribution in [2.45, 2.75) is 63.5 Å². The number of amides is 1. The van der Waals surface area contributed by atoms with Crippen molar-refractivity contribution in [1.29, 1.82) is 0 Å². The first-order valence-corrected chi connectivity index (χ1v) is 13.2. The maximum absolute atomic E-state index is 12.9. The Morgan fingerprint density at radius 3 is 2.56 bits per heavy atom. The Balaban J connectivity index is 1.33. The van der Waals surface area contributed by atoms with E-state index in [9.17, 15) is 9.59 Å². The average molecular weight is 519 g/mol. The summed E-state index contributed by atoms with van der Waals surface area (Å²) >= 11 is 0. The number of hydrogen-bond acceptors (Lipinski definition) is 6. The van der Waals surface area contributed by atoms with Gasteiger partial charge >= 0.3 is 0 Å². The summed E-state index contributed by atoms with van der Waals surface area (Å²) in [4.78, 5) is 38.5. The van der Waals surface area contributed by atoms with E-state index in [1.165, 1.54) is 6.33 Å². The average Bonchev–Trinajstić information content (AvgIpc) is 3.60. The number of pyridine rings is 1. The molecule has 196 valence electrons. The third-order valence-electron chi connectivity index (χ3n) is 8.38. The number of aromatic nitrogens is 4. The number of nitrogens with zero attached hydrogens (tertiary/aromatic N) is 4. The number of fused-ring (bicyclic) bond motifs is 3. The van der Waals surface area contributed by atoms with Crippen LogP contribution >= 0.6 is 0 Å². The molecule has 0 aliphatic heterocycles. The lowest BCUT2D eigenvalue weighted by Crippen LogP contribution is -2.44. The number of carbonyl (C=O) groups excluding carboxylic acids is 2. The van der Waals surface area contributed by atoms with Gasteiger partial charge in [0.25, 0.3) is 5.91 Å². The molecule has 3 N–H and O–H groups in total. The zero-order chi connectivity index (χ0) is 27.2. The van der Waals surface area contributed by atoms with Crippen LogP contribution in [-0.2, 0) is 16.8 Å². The van der Waals surface area contributed by atoms with E-state index in [0.29, 0.717) is 11.4 Å². The highest BCUT2D eigenvalue weighted by molar-refractivity contribution is 6.02. The second kappa shape index (κ2) is 9.35. The monoisotopic (exact) mass is 518 g/mol. The fourth-order valence-electron chi connectivity index (χ4n) is 6.52. The topological polar surface area (TPSA) is 116 Å². The second-order valence-corrected chi connectivity index (χ2v) is 10.9. The van der Waals surface area contributed by atoms with E-state index in [0.717, 1.165) is 65.5 Å². The molecule has 8 nitrogen and oxygen atoms in total. The number of nitrogen functional groups attached to an aromatic ring is 1. The third kappa shape index (κ3) is 4.34. The van der Waals surface area contributed by atoms with Crippen molar-refractivity contribution in [3.63, 3.8) is 0 Å². The minimum atomic E-state index is -0.246. The molecule has 2 saturated carbocycles. The summed E-state index contributed by atoms with van der Waals surface area (Å²) in [5.41, 5.74) is 11.1. The van der Waals surface area contributed by atoms with Crippen LogP contribution < -0.4 is 11.1 Å². The number of benzene rings is 1. The van der Waals surface area contributed by atoms with Gasteiger partial charge in [-0.15, -0.1) is 0 Å². The summed E-state index contributed by atoms with van der Waals surface area (Å²) in [6.45, 7) is 3.66. The van der Waals surface area contributed by atoms with E-state index in [1.807, 2.05) is 43.3 Å². The molecule has 0 unspecified atom stereocenters. The minimum absolute atomic E-state index is 0.0203. The van der Waals surface area contributed by atoms with Gasteiger partial charge in [0.15, 0.2) is 5.78 Å². The quantitative estimate of drug-likeness (QED) is 0.289. The number of nitrogens with two attached hydrogens (primary N) is 1. The fraction of sp³-hybridized carbons (Fsp3) is 0.323. The summed E-state index contributed by atoms with van der Waals surface area (Å²) in [5, 5.41) is 4.00. The van der Waals surface area contributed by atoms with E-state index in [1.54, 1.807) is 13.1 Å². The summed E-state index contributed by atoms with van der Waals surface area (Å²) < 4.78 is 2.25. The normalized spacial score (nSPS) is 21.5. The molecule has 3 heterocycles. The van der Waals surface area contributed by atoms with Crippen LogP contribution in [0.15, 0.2) is 55.1 Å². The lowest BCUT2D eigenvalue weighted by atomic mass is 9.91. The largest absolute Gasteiger partial charge is 0.383 e. The van der Waals surface area contributed by atoms with Crippen LogP contribution in [0.2, 0.25) is 0 Å². The first-order valence-electron chi connectivity index (χ1n) is 13.2. The molecular weight excluding hydrogens is 488 g/mol. The second-order valence-electron chi connectivity index (χ2n) is 10.9. The van der Waals surface area contributed by atoms with Crippen LogP contribution in [0.4, 0.5) is 5.82 Å². The molecule has 0 atom stereocenters. The predicted octanol–water partition coefficient (Wildman–Crippen LogP) is 4.36. The van der Waals surface area contributed by atoms with E-state index < -0.39 is 0 Å². The Morgan fingerprint density at radius 2 is 1.85 bits per heavy atom. The molecule has 8 heteroatoms. The Hall–Kier alpha value is -4.51. The van der Waals surface area contributed by atoms with Crippen LogP contribution in [0, 0.1) is 18.8 Å². The van der Waals surface area contributed by atoms with E-state index >= 15 is 0 Å². The van der Waals surface area contributed by atoms with E-state index in [4.69, 9.17) is 5.73 Å².